The Bertz CT molecular complexity index is 1250. The van der Waals surface area contributed by atoms with Crippen molar-refractivity contribution in [2.24, 2.45) is 0 Å². The summed E-state index contributed by atoms with van der Waals surface area (Å²) in [6.07, 6.45) is 1.05. The second kappa shape index (κ2) is 8.47. The molecule has 0 aliphatic carbocycles. The summed E-state index contributed by atoms with van der Waals surface area (Å²) in [5.41, 5.74) is 3.28. The number of carbonyl (C=O) groups excluding carboxylic acids is 1. The molecule has 0 saturated heterocycles. The first kappa shape index (κ1) is 22.5. The predicted octanol–water partition coefficient (Wildman–Crippen LogP) is 3.53. The molecule has 2 aliphatic rings. The molecule has 5 rings (SSSR count). The van der Waals surface area contributed by atoms with Crippen molar-refractivity contribution in [2.45, 2.75) is 65.2 Å². The van der Waals surface area contributed by atoms with Gasteiger partial charge in [0.15, 0.2) is 5.82 Å². The molecule has 1 N–H and O–H groups in total. The number of nitrogens with zero attached hydrogens (tertiary/aromatic N) is 7. The fourth-order valence-corrected chi connectivity index (χ4v) is 4.97. The molecule has 178 valence electrons. The Labute approximate surface area is 200 Å². The van der Waals surface area contributed by atoms with Crippen molar-refractivity contribution >= 4 is 17.5 Å². The number of hydrogen-bond acceptors (Lipinski definition) is 7. The lowest BCUT2D eigenvalue weighted by Gasteiger charge is -2.24. The predicted molar refractivity (Wildman–Crippen MR) is 132 cm³/mol. The van der Waals surface area contributed by atoms with E-state index in [1.54, 1.807) is 4.90 Å². The molecule has 34 heavy (non-hydrogen) atoms. The molecule has 0 spiro atoms. The quantitative estimate of drug-likeness (QED) is 0.602. The third-order valence-electron chi connectivity index (χ3n) is 7.01. The van der Waals surface area contributed by atoms with E-state index in [0.717, 1.165) is 40.8 Å². The molecule has 9 heteroatoms. The van der Waals surface area contributed by atoms with Crippen LogP contribution in [0.2, 0.25) is 0 Å². The highest BCUT2D eigenvalue weighted by Gasteiger charge is 2.34. The molecule has 0 unspecified atom stereocenters. The van der Waals surface area contributed by atoms with Gasteiger partial charge in [-0.1, -0.05) is 13.0 Å². The van der Waals surface area contributed by atoms with E-state index in [9.17, 15) is 4.79 Å². The minimum Gasteiger partial charge on any atom is -0.357 e. The van der Waals surface area contributed by atoms with Crippen molar-refractivity contribution in [3.63, 3.8) is 0 Å². The second-order valence-corrected chi connectivity index (χ2v) is 9.70. The first-order chi connectivity index (χ1) is 16.3. The number of anilines is 2. The molecule has 2 atom stereocenters. The maximum atomic E-state index is 13.6. The Morgan fingerprint density at radius 1 is 1.21 bits per heavy atom. The van der Waals surface area contributed by atoms with Gasteiger partial charge in [-0.15, -0.1) is 10.2 Å². The summed E-state index contributed by atoms with van der Waals surface area (Å²) in [6, 6.07) is 8.26. The van der Waals surface area contributed by atoms with Crippen molar-refractivity contribution in [3.8, 4) is 11.5 Å². The van der Waals surface area contributed by atoms with Gasteiger partial charge < -0.3 is 14.8 Å². The number of amides is 1. The molecule has 2 aliphatic heterocycles. The highest BCUT2D eigenvalue weighted by molar-refractivity contribution is 6.10. The van der Waals surface area contributed by atoms with Gasteiger partial charge in [-0.2, -0.15) is 0 Å². The van der Waals surface area contributed by atoms with Gasteiger partial charge in [0, 0.05) is 37.2 Å². The number of rotatable bonds is 6. The van der Waals surface area contributed by atoms with Crippen LogP contribution < -0.4 is 15.1 Å². The van der Waals surface area contributed by atoms with E-state index in [2.05, 4.69) is 52.7 Å². The van der Waals surface area contributed by atoms with Crippen molar-refractivity contribution in [3.05, 3.63) is 46.9 Å². The van der Waals surface area contributed by atoms with Crippen LogP contribution in [-0.2, 0) is 13.1 Å². The van der Waals surface area contributed by atoms with Gasteiger partial charge in [0.1, 0.15) is 23.2 Å². The summed E-state index contributed by atoms with van der Waals surface area (Å²) in [7, 11) is 3.90. The van der Waals surface area contributed by atoms with Gasteiger partial charge in [-0.3, -0.25) is 9.69 Å². The summed E-state index contributed by atoms with van der Waals surface area (Å²) in [5, 5.41) is 12.1. The van der Waals surface area contributed by atoms with Gasteiger partial charge in [-0.05, 0) is 52.4 Å². The van der Waals surface area contributed by atoms with Crippen LogP contribution in [-0.4, -0.2) is 50.8 Å². The lowest BCUT2D eigenvalue weighted by molar-refractivity contribution is 0.0996. The van der Waals surface area contributed by atoms with Crippen molar-refractivity contribution in [2.75, 3.05) is 23.9 Å². The summed E-state index contributed by atoms with van der Waals surface area (Å²) >= 11 is 0. The standard InChI is InChI=1S/C25H32N8O/c1-14(2)31(6)22-11-17-18(20(28-22)12-26-5)13-32(25(17)34)21-9-7-8-19(27-21)24-30-29-23-15(3)10-16(4)33(23)24/h7-9,11,14-16,26H,10,12-13H2,1-6H3/t15-,16-/m0/s1. The molecular weight excluding hydrogens is 428 g/mol. The van der Waals surface area contributed by atoms with Gasteiger partial charge >= 0.3 is 0 Å². The first-order valence-electron chi connectivity index (χ1n) is 11.9. The fraction of sp³-hybridized carbons (Fsp3) is 0.480. The second-order valence-electron chi connectivity index (χ2n) is 9.70. The number of nitrogens with one attached hydrogen (secondary N) is 1. The molecule has 0 fully saturated rings. The van der Waals surface area contributed by atoms with Crippen LogP contribution in [0.25, 0.3) is 11.5 Å². The van der Waals surface area contributed by atoms with E-state index < -0.39 is 0 Å². The Hall–Kier alpha value is -3.33. The average molecular weight is 461 g/mol. The Balaban J connectivity index is 1.52. The van der Waals surface area contributed by atoms with Crippen LogP contribution in [0.3, 0.4) is 0 Å². The minimum absolute atomic E-state index is 0.0497. The molecule has 1 amide bonds. The zero-order valence-corrected chi connectivity index (χ0v) is 20.7. The first-order valence-corrected chi connectivity index (χ1v) is 11.9. The molecule has 0 radical (unpaired) electrons. The summed E-state index contributed by atoms with van der Waals surface area (Å²) in [5.74, 6) is 3.51. The van der Waals surface area contributed by atoms with Gasteiger partial charge in [0.05, 0.1) is 17.8 Å². The normalized spacial score (nSPS) is 19.1. The van der Waals surface area contributed by atoms with E-state index in [-0.39, 0.29) is 11.9 Å². The van der Waals surface area contributed by atoms with E-state index >= 15 is 0 Å². The highest BCUT2D eigenvalue weighted by Crippen LogP contribution is 2.38. The largest absolute Gasteiger partial charge is 0.357 e. The average Bonchev–Trinajstić information content (AvgIpc) is 3.48. The number of carbonyl (C=O) groups is 1. The van der Waals surface area contributed by atoms with E-state index in [4.69, 9.17) is 9.97 Å². The zero-order chi connectivity index (χ0) is 24.1. The van der Waals surface area contributed by atoms with Crippen molar-refractivity contribution in [1.82, 2.24) is 30.0 Å². The Kier molecular flexibility index (Phi) is 5.59. The van der Waals surface area contributed by atoms with Crippen LogP contribution in [0, 0.1) is 0 Å². The highest BCUT2D eigenvalue weighted by atomic mass is 16.2. The summed E-state index contributed by atoms with van der Waals surface area (Å²) in [6.45, 7) is 9.63. The molecule has 5 heterocycles. The number of hydrogen-bond donors (Lipinski definition) is 1. The van der Waals surface area contributed by atoms with Crippen molar-refractivity contribution in [1.29, 1.82) is 0 Å². The molecule has 3 aromatic rings. The number of pyridine rings is 2. The van der Waals surface area contributed by atoms with Crippen LogP contribution >= 0.6 is 0 Å². The molecule has 0 bridgehead atoms. The van der Waals surface area contributed by atoms with E-state index in [0.29, 0.717) is 36.4 Å². The molecular formula is C25H32N8O. The SMILES string of the molecule is CNCc1nc(N(C)C(C)C)cc2c1CN(c1cccc(-c3nnc4n3[C@@H](C)C[C@@H]4C)n1)C2=O. The minimum atomic E-state index is -0.0497. The molecule has 0 aromatic carbocycles. The molecule has 3 aromatic heterocycles. The van der Waals surface area contributed by atoms with Gasteiger partial charge in [0.2, 0.25) is 0 Å². The van der Waals surface area contributed by atoms with Gasteiger partial charge in [0.25, 0.3) is 5.91 Å². The zero-order valence-electron chi connectivity index (χ0n) is 20.7. The van der Waals surface area contributed by atoms with E-state index in [1.165, 1.54) is 0 Å². The lowest BCUT2D eigenvalue weighted by atomic mass is 10.1. The van der Waals surface area contributed by atoms with Gasteiger partial charge in [-0.25, -0.2) is 9.97 Å². The maximum absolute atomic E-state index is 13.6. The van der Waals surface area contributed by atoms with E-state index in [1.807, 2.05) is 38.4 Å². The Morgan fingerprint density at radius 2 is 2.00 bits per heavy atom. The summed E-state index contributed by atoms with van der Waals surface area (Å²) in [4.78, 5) is 27.1. The van der Waals surface area contributed by atoms with Crippen LogP contribution in [0.15, 0.2) is 24.3 Å². The van der Waals surface area contributed by atoms with Crippen LogP contribution in [0.5, 0.6) is 0 Å². The third-order valence-corrected chi connectivity index (χ3v) is 7.01. The van der Waals surface area contributed by atoms with Crippen LogP contribution in [0.4, 0.5) is 11.6 Å². The number of aromatic nitrogens is 5. The third kappa shape index (κ3) is 3.55. The molecule has 0 saturated carbocycles. The Morgan fingerprint density at radius 3 is 2.74 bits per heavy atom. The monoisotopic (exact) mass is 460 g/mol. The van der Waals surface area contributed by atoms with Crippen molar-refractivity contribution < 1.29 is 4.79 Å². The topological polar surface area (TPSA) is 92.1 Å². The smallest absolute Gasteiger partial charge is 0.260 e. The maximum Gasteiger partial charge on any atom is 0.260 e. The summed E-state index contributed by atoms with van der Waals surface area (Å²) < 4.78 is 2.18. The number of fused-ring (bicyclic) bond motifs is 2. The van der Waals surface area contributed by atoms with Crippen LogP contribution in [0.1, 0.15) is 73.5 Å². The molecule has 9 nitrogen and oxygen atoms in total. The lowest BCUT2D eigenvalue weighted by Crippen LogP contribution is -2.27. The fourth-order valence-electron chi connectivity index (χ4n) is 4.97.